The molecular weight excluding hydrogens is 484 g/mol. The summed E-state index contributed by atoms with van der Waals surface area (Å²) >= 11 is -2.15. The summed E-state index contributed by atoms with van der Waals surface area (Å²) in [5, 5.41) is 0. The molecule has 1 amide bonds. The van der Waals surface area contributed by atoms with Crippen LogP contribution in [0.3, 0.4) is 0 Å². The first-order valence-corrected chi connectivity index (χ1v) is 19.2. The smallest absolute Gasteiger partial charge is 1.00 e. The van der Waals surface area contributed by atoms with Gasteiger partial charge in [0, 0.05) is 0 Å². The molecule has 1 atom stereocenters. The Labute approximate surface area is 193 Å². The first-order valence-electron chi connectivity index (χ1n) is 9.62. The van der Waals surface area contributed by atoms with Crippen LogP contribution in [0.15, 0.2) is 44.3 Å². The molecule has 1 aromatic rings. The Morgan fingerprint density at radius 2 is 1.64 bits per heavy atom. The molecule has 1 unspecified atom stereocenters. The molecule has 0 aromatic heterocycles. The predicted molar refractivity (Wildman–Crippen MR) is 112 cm³/mol. The van der Waals surface area contributed by atoms with Crippen molar-refractivity contribution < 1.29 is 50.8 Å². The second-order valence-electron chi connectivity index (χ2n) is 8.92. The van der Waals surface area contributed by atoms with Crippen LogP contribution in [0.5, 0.6) is 0 Å². The first kappa shape index (κ1) is 27.8. The van der Waals surface area contributed by atoms with Gasteiger partial charge in [-0.2, -0.15) is 0 Å². The van der Waals surface area contributed by atoms with Gasteiger partial charge in [-0.05, 0) is 0 Å². The molecule has 1 aliphatic rings. The van der Waals surface area contributed by atoms with Crippen molar-refractivity contribution in [3.63, 3.8) is 0 Å². The molecule has 0 saturated carbocycles. The van der Waals surface area contributed by atoms with Crippen LogP contribution in [0.2, 0.25) is 13.1 Å². The molecule has 0 aliphatic heterocycles. The van der Waals surface area contributed by atoms with Crippen LogP contribution in [0.25, 0.3) is 0 Å². The zero-order valence-corrected chi connectivity index (χ0v) is 23.8. The fourth-order valence-electron chi connectivity index (χ4n) is 3.64. The summed E-state index contributed by atoms with van der Waals surface area (Å²) in [5.74, 6) is -0.261. The van der Waals surface area contributed by atoms with Gasteiger partial charge < -0.3 is 24.8 Å². The summed E-state index contributed by atoms with van der Waals surface area (Å²) in [5.41, 5.74) is 6.50. The Morgan fingerprint density at radius 3 is 2.07 bits per heavy atom. The third-order valence-electron chi connectivity index (χ3n) is 5.75. The van der Waals surface area contributed by atoms with Gasteiger partial charge in [0.05, 0.1) is 0 Å². The van der Waals surface area contributed by atoms with Gasteiger partial charge in [0.15, 0.2) is 0 Å². The molecule has 1 N–H and O–H groups in total. The second-order valence-corrected chi connectivity index (χ2v) is 27.1. The van der Waals surface area contributed by atoms with Crippen molar-refractivity contribution in [2.75, 3.05) is 0 Å². The quantitative estimate of drug-likeness (QED) is 0.535. The Kier molecular flexibility index (Phi) is 10.7. The van der Waals surface area contributed by atoms with Gasteiger partial charge in [-0.1, -0.05) is 0 Å². The van der Waals surface area contributed by atoms with Crippen molar-refractivity contribution in [3.05, 3.63) is 55.4 Å². The summed E-state index contributed by atoms with van der Waals surface area (Å²) in [7, 11) is 0. The van der Waals surface area contributed by atoms with E-state index >= 15 is 0 Å². The maximum Gasteiger partial charge on any atom is -1.00 e. The van der Waals surface area contributed by atoms with Crippen molar-refractivity contribution >= 4 is 11.8 Å². The van der Waals surface area contributed by atoms with Crippen LogP contribution >= 0.6 is 0 Å². The van der Waals surface area contributed by atoms with E-state index in [2.05, 4.69) is 77.0 Å². The van der Waals surface area contributed by atoms with E-state index in [-0.39, 0.29) is 36.1 Å². The van der Waals surface area contributed by atoms with Crippen LogP contribution in [0.1, 0.15) is 64.4 Å². The van der Waals surface area contributed by atoms with Gasteiger partial charge in [0.1, 0.15) is 0 Å². The topological polar surface area (TPSA) is 29.1 Å². The number of carbonyl (C=O) groups excluding carboxylic acids is 1. The van der Waals surface area contributed by atoms with E-state index in [4.69, 9.17) is 0 Å². The molecule has 0 heterocycles. The van der Waals surface area contributed by atoms with Crippen LogP contribution < -0.4 is 28.1 Å². The molecule has 2 rings (SSSR count). The summed E-state index contributed by atoms with van der Waals surface area (Å²) < 4.78 is 5.22. The molecular formula is C22H34Cl2NOSiZr. The molecule has 0 spiro atoms. The minimum atomic E-state index is -2.15. The minimum absolute atomic E-state index is 0. The van der Waals surface area contributed by atoms with Crippen molar-refractivity contribution in [2.45, 2.75) is 67.0 Å². The third kappa shape index (κ3) is 5.94. The minimum Gasteiger partial charge on any atom is -1.00 e. The monoisotopic (exact) mass is 516 g/mol. The van der Waals surface area contributed by atoms with Crippen molar-refractivity contribution in [3.8, 4) is 0 Å². The average Bonchev–Trinajstić information content (AvgIpc) is 2.75. The number of halogens is 2. The van der Waals surface area contributed by atoms with Crippen LogP contribution in [-0.4, -0.2) is 11.8 Å². The number of amides is 1. The molecule has 28 heavy (non-hydrogen) atoms. The summed E-state index contributed by atoms with van der Waals surface area (Å²) in [6.07, 6.45) is 0. The Bertz CT molecular complexity index is 781. The second kappa shape index (κ2) is 10.8. The van der Waals surface area contributed by atoms with E-state index in [0.29, 0.717) is 5.92 Å². The van der Waals surface area contributed by atoms with Gasteiger partial charge in [0.2, 0.25) is 0 Å². The zero-order chi connectivity index (χ0) is 19.8. The largest absolute Gasteiger partial charge is 1.00 e. The van der Waals surface area contributed by atoms with Crippen molar-refractivity contribution in [2.24, 2.45) is 5.92 Å². The molecule has 0 radical (unpaired) electrons. The first-order chi connectivity index (χ1) is 11.9. The number of hydrogen-bond donors (Lipinski definition) is 1. The number of allylic oxidation sites excluding steroid dienone is 4. The SMILES string of the molecule is CC1=C(C)C(C)[C]([Zr+2]([NH]C(=O)c2cccc(C(C)(C)C)c2)[SiH](C)C)=C1C.[Cl-].[Cl-]. The predicted octanol–water partition coefficient (Wildman–Crippen LogP) is -0.501. The Balaban J connectivity index is 0.00000364. The molecule has 0 bridgehead atoms. The number of benzene rings is 1. The third-order valence-corrected chi connectivity index (χ3v) is 22.7. The Morgan fingerprint density at radius 1 is 1.07 bits per heavy atom. The van der Waals surface area contributed by atoms with Crippen LogP contribution in [0.4, 0.5) is 0 Å². The maximum atomic E-state index is 13.1. The van der Waals surface area contributed by atoms with Gasteiger partial charge in [-0.15, -0.1) is 0 Å². The van der Waals surface area contributed by atoms with E-state index in [9.17, 15) is 4.79 Å². The van der Waals surface area contributed by atoms with Gasteiger partial charge in [-0.3, -0.25) is 0 Å². The molecule has 155 valence electrons. The molecule has 2 nitrogen and oxygen atoms in total. The van der Waals surface area contributed by atoms with E-state index < -0.39 is 27.1 Å². The molecule has 6 heteroatoms. The number of carbonyl (C=O) groups is 1. The number of nitrogens with one attached hydrogen (secondary N) is 1. The fourth-order valence-corrected chi connectivity index (χ4v) is 19.2. The normalized spacial score (nSPS) is 16.7. The van der Waals surface area contributed by atoms with Crippen LogP contribution in [0, 0.1) is 5.92 Å². The molecule has 1 aliphatic carbocycles. The van der Waals surface area contributed by atoms with E-state index in [1.165, 1.54) is 22.3 Å². The molecule has 0 saturated heterocycles. The summed E-state index contributed by atoms with van der Waals surface area (Å²) in [6, 6.07) is 8.17. The van der Waals surface area contributed by atoms with E-state index in [1.54, 1.807) is 3.28 Å². The van der Waals surface area contributed by atoms with Gasteiger partial charge in [-0.25, -0.2) is 0 Å². The molecule has 0 fully saturated rings. The van der Waals surface area contributed by atoms with E-state index in [0.717, 1.165) is 5.56 Å². The fraction of sp³-hybridized carbons (Fsp3) is 0.500. The number of rotatable bonds is 4. The number of hydrogen-bond acceptors (Lipinski definition) is 1. The zero-order valence-electron chi connectivity index (χ0n) is 18.6. The van der Waals surface area contributed by atoms with Crippen molar-refractivity contribution in [1.82, 2.24) is 3.26 Å². The van der Waals surface area contributed by atoms with Gasteiger partial charge in [0.25, 0.3) is 0 Å². The average molecular weight is 519 g/mol. The van der Waals surface area contributed by atoms with Gasteiger partial charge >= 0.3 is 169 Å². The maximum absolute atomic E-state index is 13.1. The van der Waals surface area contributed by atoms with Crippen molar-refractivity contribution in [1.29, 1.82) is 0 Å². The van der Waals surface area contributed by atoms with E-state index in [1.807, 2.05) is 12.1 Å². The Hall–Kier alpha value is -0.150. The summed E-state index contributed by atoms with van der Waals surface area (Å²) in [4.78, 5) is 13.1. The van der Waals surface area contributed by atoms with Crippen LogP contribution in [-0.2, 0) is 26.6 Å². The molecule has 1 aromatic carbocycles. The summed E-state index contributed by atoms with van der Waals surface area (Å²) in [6.45, 7) is 20.5. The standard InChI is InChI=1S/C11H15NO.C9H13.C2H7Si.2ClH.Zr/c1-11(2,3)9-6-4-5-8(7-9)10(12)13;1-6-5-7(2)9(4)8(6)3;1-3-2;;;/h4-7H,1-3H3,(H2,12,13);6H,1-4H3;3H,1-2H3;2*1H;/q;;;;;+3/p-3.